The van der Waals surface area contributed by atoms with Crippen molar-refractivity contribution in [3.05, 3.63) is 52.5 Å². The number of hydrogen-bond donors (Lipinski definition) is 1. The topological polar surface area (TPSA) is 138 Å². The van der Waals surface area contributed by atoms with Gasteiger partial charge in [0.15, 0.2) is 12.1 Å². The van der Waals surface area contributed by atoms with Crippen molar-refractivity contribution in [2.24, 2.45) is 0 Å². The van der Waals surface area contributed by atoms with E-state index >= 15 is 0 Å². The van der Waals surface area contributed by atoms with E-state index in [1.54, 1.807) is 12.1 Å². The number of nitro benzene ring substituents is 1. The highest BCUT2D eigenvalue weighted by Gasteiger charge is 2.25. The van der Waals surface area contributed by atoms with Gasteiger partial charge in [-0.2, -0.15) is 10.1 Å². The van der Waals surface area contributed by atoms with Gasteiger partial charge in [0, 0.05) is 43.7 Å². The molecule has 2 aromatic heterocycles. The summed E-state index contributed by atoms with van der Waals surface area (Å²) in [5, 5.41) is 18.8. The summed E-state index contributed by atoms with van der Waals surface area (Å²) in [6.07, 6.45) is 5.14. The number of aromatic nitrogens is 4. The molecule has 0 atom stereocenters. The molecule has 1 aliphatic rings. The molecule has 1 saturated heterocycles. The van der Waals surface area contributed by atoms with Gasteiger partial charge in [0.2, 0.25) is 5.95 Å². The van der Waals surface area contributed by atoms with Crippen LogP contribution in [0.1, 0.15) is 10.4 Å². The number of rotatable bonds is 7. The summed E-state index contributed by atoms with van der Waals surface area (Å²) in [5.41, 5.74) is 1.15. The molecule has 1 aliphatic heterocycles. The van der Waals surface area contributed by atoms with Gasteiger partial charge in [-0.3, -0.25) is 14.9 Å². The number of nitrogens with zero attached hydrogens (tertiary/aromatic N) is 6. The van der Waals surface area contributed by atoms with Crippen LogP contribution in [0.25, 0.3) is 5.82 Å². The number of nitro groups is 1. The molecule has 1 N–H and O–H groups in total. The van der Waals surface area contributed by atoms with Gasteiger partial charge in [0.05, 0.1) is 42.7 Å². The fraction of sp³-hybridized carbons (Fsp3) is 0.263. The molecule has 3 heterocycles. The molecule has 160 valence electrons. The highest BCUT2D eigenvalue weighted by atomic mass is 16.6. The normalized spacial score (nSPS) is 13.6. The first kappa shape index (κ1) is 20.2. The summed E-state index contributed by atoms with van der Waals surface area (Å²) < 4.78 is 12.2. The Morgan fingerprint density at radius 3 is 2.81 bits per heavy atom. The van der Waals surface area contributed by atoms with E-state index in [2.05, 4.69) is 20.4 Å². The molecule has 1 fully saturated rings. The van der Waals surface area contributed by atoms with Gasteiger partial charge >= 0.3 is 0 Å². The summed E-state index contributed by atoms with van der Waals surface area (Å²) >= 11 is 0. The van der Waals surface area contributed by atoms with Crippen molar-refractivity contribution in [3.63, 3.8) is 0 Å². The van der Waals surface area contributed by atoms with Gasteiger partial charge in [0.1, 0.15) is 11.4 Å². The van der Waals surface area contributed by atoms with Crippen LogP contribution in [0.3, 0.4) is 0 Å². The van der Waals surface area contributed by atoms with Crippen molar-refractivity contribution >= 4 is 29.3 Å². The van der Waals surface area contributed by atoms with Crippen LogP contribution in [0.5, 0.6) is 5.75 Å². The first-order valence-electron chi connectivity index (χ1n) is 9.38. The van der Waals surface area contributed by atoms with E-state index in [4.69, 9.17) is 9.47 Å². The lowest BCUT2D eigenvalue weighted by atomic mass is 10.2. The maximum absolute atomic E-state index is 11.7. The maximum atomic E-state index is 11.7. The minimum atomic E-state index is -0.433. The third kappa shape index (κ3) is 4.28. The van der Waals surface area contributed by atoms with Crippen molar-refractivity contribution in [1.29, 1.82) is 0 Å². The summed E-state index contributed by atoms with van der Waals surface area (Å²) in [6, 6.07) is 4.64. The lowest BCUT2D eigenvalue weighted by Crippen LogP contribution is -2.36. The Balaban J connectivity index is 1.68. The summed E-state index contributed by atoms with van der Waals surface area (Å²) in [7, 11) is 1.48. The summed E-state index contributed by atoms with van der Waals surface area (Å²) in [5.74, 6) is 1.01. The fourth-order valence-corrected chi connectivity index (χ4v) is 3.21. The van der Waals surface area contributed by atoms with Gasteiger partial charge in [-0.25, -0.2) is 9.67 Å². The quantitative estimate of drug-likeness (QED) is 0.340. The van der Waals surface area contributed by atoms with Gasteiger partial charge < -0.3 is 19.7 Å². The highest BCUT2D eigenvalue weighted by molar-refractivity contribution is 5.77. The zero-order valence-corrected chi connectivity index (χ0v) is 16.6. The smallest absolute Gasteiger partial charge is 0.294 e. The van der Waals surface area contributed by atoms with Crippen LogP contribution >= 0.6 is 0 Å². The molecule has 3 aromatic rings. The monoisotopic (exact) mass is 425 g/mol. The number of ether oxygens (including phenoxy) is 2. The summed E-state index contributed by atoms with van der Waals surface area (Å²) in [6.45, 7) is 2.10. The standard InChI is InChI=1S/C19H19N7O5/c1-30-17-9-15(24-4-6-31-7-5-24)16(26(28)29)8-14(17)22-19-20-3-2-18(23-19)25-11-13(12-27)10-21-25/h2-3,8-12H,4-7H2,1H3,(H,20,22,23). The van der Waals surface area contributed by atoms with Crippen LogP contribution in [0.15, 0.2) is 36.8 Å². The number of nitrogens with one attached hydrogen (secondary N) is 1. The van der Waals surface area contributed by atoms with Crippen molar-refractivity contribution in [2.75, 3.05) is 43.6 Å². The minimum Gasteiger partial charge on any atom is -0.494 e. The molecule has 12 nitrogen and oxygen atoms in total. The van der Waals surface area contributed by atoms with Gasteiger partial charge in [-0.15, -0.1) is 0 Å². The first-order valence-corrected chi connectivity index (χ1v) is 9.38. The maximum Gasteiger partial charge on any atom is 0.294 e. The Bertz CT molecular complexity index is 1110. The predicted octanol–water partition coefficient (Wildman–Crippen LogP) is 1.97. The van der Waals surface area contributed by atoms with E-state index in [9.17, 15) is 14.9 Å². The second kappa shape index (κ2) is 8.75. The Kier molecular flexibility index (Phi) is 5.71. The average Bonchev–Trinajstić information content (AvgIpc) is 3.29. The van der Waals surface area contributed by atoms with E-state index in [1.165, 1.54) is 36.4 Å². The zero-order chi connectivity index (χ0) is 21.8. The van der Waals surface area contributed by atoms with Crippen molar-refractivity contribution in [2.45, 2.75) is 0 Å². The number of methoxy groups -OCH3 is 1. The van der Waals surface area contributed by atoms with Gasteiger partial charge in [0.25, 0.3) is 5.69 Å². The third-order valence-corrected chi connectivity index (χ3v) is 4.71. The number of hydrogen-bond acceptors (Lipinski definition) is 10. The molecule has 0 spiro atoms. The molecule has 1 aromatic carbocycles. The Morgan fingerprint density at radius 1 is 1.32 bits per heavy atom. The molecule has 12 heteroatoms. The van der Waals surface area contributed by atoms with E-state index in [0.29, 0.717) is 61.1 Å². The molecular weight excluding hydrogens is 406 g/mol. The molecule has 4 rings (SSSR count). The van der Waals surface area contributed by atoms with Crippen LogP contribution in [-0.2, 0) is 4.74 Å². The molecule has 0 amide bonds. The second-order valence-corrected chi connectivity index (χ2v) is 6.60. The van der Waals surface area contributed by atoms with Crippen LogP contribution in [0.2, 0.25) is 0 Å². The van der Waals surface area contributed by atoms with Crippen LogP contribution in [-0.4, -0.2) is 64.4 Å². The first-order chi connectivity index (χ1) is 15.1. The molecule has 31 heavy (non-hydrogen) atoms. The molecule has 0 unspecified atom stereocenters. The van der Waals surface area contributed by atoms with Crippen LogP contribution < -0.4 is 15.0 Å². The highest BCUT2D eigenvalue weighted by Crippen LogP contribution is 2.39. The molecule has 0 aliphatic carbocycles. The Morgan fingerprint density at radius 2 is 2.13 bits per heavy atom. The van der Waals surface area contributed by atoms with Gasteiger partial charge in [-0.1, -0.05) is 0 Å². The minimum absolute atomic E-state index is 0.0657. The third-order valence-electron chi connectivity index (χ3n) is 4.71. The van der Waals surface area contributed by atoms with Gasteiger partial charge in [-0.05, 0) is 0 Å². The average molecular weight is 425 g/mol. The number of carbonyl (C=O) groups is 1. The lowest BCUT2D eigenvalue weighted by molar-refractivity contribution is -0.384. The van der Waals surface area contributed by atoms with Crippen molar-refractivity contribution in [1.82, 2.24) is 19.7 Å². The van der Waals surface area contributed by atoms with E-state index in [-0.39, 0.29) is 11.6 Å². The molecule has 0 saturated carbocycles. The SMILES string of the molecule is COc1cc(N2CCOCC2)c([N+](=O)[O-])cc1Nc1nccc(-n2cc(C=O)cn2)n1. The predicted molar refractivity (Wildman–Crippen MR) is 111 cm³/mol. The molecule has 0 bridgehead atoms. The Hall–Kier alpha value is -4.06. The van der Waals surface area contributed by atoms with E-state index in [0.717, 1.165) is 0 Å². The van der Waals surface area contributed by atoms with Crippen molar-refractivity contribution < 1.29 is 19.2 Å². The number of benzene rings is 1. The largest absolute Gasteiger partial charge is 0.494 e. The summed E-state index contributed by atoms with van der Waals surface area (Å²) in [4.78, 5) is 32.6. The van der Waals surface area contributed by atoms with E-state index in [1.807, 2.05) is 4.90 Å². The lowest BCUT2D eigenvalue weighted by Gasteiger charge is -2.29. The molecular formula is C19H19N7O5. The van der Waals surface area contributed by atoms with E-state index < -0.39 is 4.92 Å². The second-order valence-electron chi connectivity index (χ2n) is 6.60. The number of morpholine rings is 1. The Labute approximate surface area is 176 Å². The van der Waals surface area contributed by atoms with Crippen molar-refractivity contribution in [3.8, 4) is 11.6 Å². The number of carbonyl (C=O) groups excluding carboxylic acids is 1. The number of aldehydes is 1. The number of anilines is 3. The van der Waals surface area contributed by atoms with Crippen LogP contribution in [0.4, 0.5) is 23.0 Å². The fourth-order valence-electron chi connectivity index (χ4n) is 3.21. The van der Waals surface area contributed by atoms with Crippen LogP contribution in [0, 0.1) is 10.1 Å². The molecule has 0 radical (unpaired) electrons. The zero-order valence-electron chi connectivity index (χ0n) is 16.6.